The molecule has 3 rings (SSSR count). The number of hydrogen-bond donors (Lipinski definition) is 0. The van der Waals surface area contributed by atoms with Crippen molar-refractivity contribution in [1.29, 1.82) is 0 Å². The Morgan fingerprint density at radius 1 is 1.27 bits per heavy atom. The van der Waals surface area contributed by atoms with Crippen molar-refractivity contribution in [2.45, 2.75) is 32.5 Å². The van der Waals surface area contributed by atoms with Crippen LogP contribution in [0.25, 0.3) is 0 Å². The molecule has 5 heteroatoms. The first kappa shape index (κ1) is 15.4. The van der Waals surface area contributed by atoms with E-state index in [9.17, 15) is 9.18 Å². The molecule has 0 saturated carbocycles. The minimum atomic E-state index is -0.251. The number of morpholine rings is 1. The summed E-state index contributed by atoms with van der Waals surface area (Å²) in [4.78, 5) is 16.5. The van der Waals surface area contributed by atoms with Crippen LogP contribution in [0.4, 0.5) is 4.39 Å². The van der Waals surface area contributed by atoms with E-state index >= 15 is 0 Å². The summed E-state index contributed by atoms with van der Waals surface area (Å²) in [6, 6.07) is 6.47. The topological polar surface area (TPSA) is 32.8 Å². The van der Waals surface area contributed by atoms with Crippen LogP contribution < -0.4 is 0 Å². The monoisotopic (exact) mass is 306 g/mol. The van der Waals surface area contributed by atoms with Gasteiger partial charge in [0.25, 0.3) is 0 Å². The fraction of sp³-hybridized carbons (Fsp3) is 0.588. The third-order valence-electron chi connectivity index (χ3n) is 4.34. The average molecular weight is 306 g/mol. The molecule has 22 heavy (non-hydrogen) atoms. The van der Waals surface area contributed by atoms with Crippen LogP contribution in [0.2, 0.25) is 0 Å². The smallest absolute Gasteiger partial charge is 0.249 e. The molecule has 2 aliphatic rings. The third kappa shape index (κ3) is 3.31. The molecular formula is C17H23FN2O2. The van der Waals surface area contributed by atoms with Gasteiger partial charge in [-0.2, -0.15) is 0 Å². The van der Waals surface area contributed by atoms with Gasteiger partial charge in [-0.3, -0.25) is 9.69 Å². The van der Waals surface area contributed by atoms with E-state index in [1.807, 2.05) is 4.90 Å². The summed E-state index contributed by atoms with van der Waals surface area (Å²) in [5, 5.41) is 0. The third-order valence-corrected chi connectivity index (χ3v) is 4.34. The highest BCUT2D eigenvalue weighted by Crippen LogP contribution is 2.25. The maximum Gasteiger partial charge on any atom is 0.249 e. The minimum Gasteiger partial charge on any atom is -0.365 e. The maximum absolute atomic E-state index is 13.0. The van der Waals surface area contributed by atoms with E-state index in [2.05, 4.69) is 18.7 Å². The molecular weight excluding hydrogens is 283 g/mol. The second-order valence-electron chi connectivity index (χ2n) is 6.68. The Morgan fingerprint density at radius 2 is 2.00 bits per heavy atom. The van der Waals surface area contributed by atoms with Gasteiger partial charge >= 0.3 is 0 Å². The molecule has 0 aliphatic carbocycles. The van der Waals surface area contributed by atoms with Gasteiger partial charge in [-0.05, 0) is 23.6 Å². The zero-order valence-corrected chi connectivity index (χ0v) is 13.2. The zero-order chi connectivity index (χ0) is 15.7. The Labute approximate surface area is 130 Å². The van der Waals surface area contributed by atoms with Crippen LogP contribution in [-0.4, -0.2) is 54.1 Å². The molecule has 2 fully saturated rings. The van der Waals surface area contributed by atoms with E-state index in [4.69, 9.17) is 4.74 Å². The van der Waals surface area contributed by atoms with Crippen molar-refractivity contribution in [3.8, 4) is 0 Å². The average Bonchev–Trinajstić information content (AvgIpc) is 2.86. The fourth-order valence-corrected chi connectivity index (χ4v) is 3.40. The van der Waals surface area contributed by atoms with Gasteiger partial charge in [0.05, 0.1) is 12.1 Å². The molecule has 0 aromatic heterocycles. The predicted molar refractivity (Wildman–Crippen MR) is 81.8 cm³/mol. The van der Waals surface area contributed by atoms with Crippen LogP contribution in [0, 0.1) is 11.7 Å². The van der Waals surface area contributed by atoms with E-state index in [1.54, 1.807) is 12.1 Å². The number of rotatable bonds is 4. The molecule has 0 N–H and O–H groups in total. The molecule has 2 atom stereocenters. The van der Waals surface area contributed by atoms with E-state index in [0.717, 1.165) is 25.2 Å². The number of carbonyl (C=O) groups excluding carboxylic acids is 1. The predicted octanol–water partition coefficient (Wildman–Crippen LogP) is 1.89. The minimum absolute atomic E-state index is 0.0250. The standard InChI is InChI=1S/C17H23FN2O2/c1-12(2)7-19-9-15-16(10-19)22-11-17(21)20(15)8-13-3-5-14(18)6-4-13/h3-6,12,15-16H,7-11H2,1-2H3/t15-,16+/m1/s1. The molecule has 0 spiro atoms. The summed E-state index contributed by atoms with van der Waals surface area (Å²) in [5.74, 6) is 0.372. The lowest BCUT2D eigenvalue weighted by atomic mass is 10.1. The van der Waals surface area contributed by atoms with Crippen molar-refractivity contribution < 1.29 is 13.9 Å². The van der Waals surface area contributed by atoms with Crippen LogP contribution in [0.3, 0.4) is 0 Å². The molecule has 4 nitrogen and oxygen atoms in total. The summed E-state index contributed by atoms with van der Waals surface area (Å²) in [5.41, 5.74) is 0.956. The van der Waals surface area contributed by atoms with Crippen LogP contribution in [0.1, 0.15) is 19.4 Å². The lowest BCUT2D eigenvalue weighted by Crippen LogP contribution is -2.53. The summed E-state index contributed by atoms with van der Waals surface area (Å²) < 4.78 is 18.7. The summed E-state index contributed by atoms with van der Waals surface area (Å²) in [7, 11) is 0. The van der Waals surface area contributed by atoms with Crippen molar-refractivity contribution >= 4 is 5.91 Å². The number of benzene rings is 1. The lowest BCUT2D eigenvalue weighted by Gasteiger charge is -2.36. The normalized spacial score (nSPS) is 25.8. The van der Waals surface area contributed by atoms with Gasteiger partial charge in [0.15, 0.2) is 0 Å². The Balaban J connectivity index is 1.71. The number of hydrogen-bond acceptors (Lipinski definition) is 3. The number of nitrogens with zero attached hydrogens (tertiary/aromatic N) is 2. The van der Waals surface area contributed by atoms with Crippen molar-refractivity contribution in [2.75, 3.05) is 26.2 Å². The highest BCUT2D eigenvalue weighted by Gasteiger charge is 2.42. The lowest BCUT2D eigenvalue weighted by molar-refractivity contribution is -0.153. The number of fused-ring (bicyclic) bond motifs is 1. The molecule has 120 valence electrons. The van der Waals surface area contributed by atoms with E-state index in [0.29, 0.717) is 12.5 Å². The number of halogens is 1. The Kier molecular flexibility index (Phi) is 4.45. The van der Waals surface area contributed by atoms with Crippen molar-refractivity contribution in [3.63, 3.8) is 0 Å². The molecule has 2 heterocycles. The Hall–Kier alpha value is -1.46. The highest BCUT2D eigenvalue weighted by atomic mass is 19.1. The first-order valence-corrected chi connectivity index (χ1v) is 7.91. The second kappa shape index (κ2) is 6.34. The van der Waals surface area contributed by atoms with Crippen molar-refractivity contribution in [1.82, 2.24) is 9.80 Å². The van der Waals surface area contributed by atoms with Gasteiger partial charge in [0, 0.05) is 26.2 Å². The Morgan fingerprint density at radius 3 is 2.68 bits per heavy atom. The number of likely N-dealkylation sites (tertiary alicyclic amines) is 1. The van der Waals surface area contributed by atoms with Gasteiger partial charge in [0.1, 0.15) is 12.4 Å². The van der Waals surface area contributed by atoms with E-state index in [1.165, 1.54) is 12.1 Å². The van der Waals surface area contributed by atoms with Gasteiger partial charge < -0.3 is 9.64 Å². The molecule has 1 aromatic rings. The van der Waals surface area contributed by atoms with Gasteiger partial charge in [-0.15, -0.1) is 0 Å². The second-order valence-corrected chi connectivity index (χ2v) is 6.68. The molecule has 2 saturated heterocycles. The Bertz CT molecular complexity index is 532. The van der Waals surface area contributed by atoms with E-state index < -0.39 is 0 Å². The zero-order valence-electron chi connectivity index (χ0n) is 13.2. The van der Waals surface area contributed by atoms with Crippen LogP contribution in [0.5, 0.6) is 0 Å². The molecule has 2 aliphatic heterocycles. The van der Waals surface area contributed by atoms with Crippen LogP contribution in [-0.2, 0) is 16.1 Å². The van der Waals surface area contributed by atoms with Gasteiger partial charge in [-0.25, -0.2) is 4.39 Å². The highest BCUT2D eigenvalue weighted by molar-refractivity contribution is 5.78. The molecule has 0 bridgehead atoms. The maximum atomic E-state index is 13.0. The largest absolute Gasteiger partial charge is 0.365 e. The van der Waals surface area contributed by atoms with Gasteiger partial charge in [0.2, 0.25) is 5.91 Å². The number of carbonyl (C=O) groups is 1. The van der Waals surface area contributed by atoms with Crippen LogP contribution >= 0.6 is 0 Å². The first-order chi connectivity index (χ1) is 10.5. The molecule has 0 radical (unpaired) electrons. The van der Waals surface area contributed by atoms with E-state index in [-0.39, 0.29) is 30.5 Å². The summed E-state index contributed by atoms with van der Waals surface area (Å²) in [6.45, 7) is 7.84. The summed E-state index contributed by atoms with van der Waals surface area (Å²) >= 11 is 0. The SMILES string of the molecule is CC(C)CN1C[C@@H]2OCC(=O)N(Cc3ccc(F)cc3)[C@@H]2C1. The van der Waals surface area contributed by atoms with Crippen molar-refractivity contribution in [3.05, 3.63) is 35.6 Å². The van der Waals surface area contributed by atoms with Crippen LogP contribution in [0.15, 0.2) is 24.3 Å². The first-order valence-electron chi connectivity index (χ1n) is 7.91. The van der Waals surface area contributed by atoms with Crippen molar-refractivity contribution in [2.24, 2.45) is 5.92 Å². The molecule has 0 unspecified atom stereocenters. The number of amides is 1. The quantitative estimate of drug-likeness (QED) is 0.852. The molecule has 1 aromatic carbocycles. The summed E-state index contributed by atoms with van der Waals surface area (Å²) in [6.07, 6.45) is 0.0944. The fourth-order valence-electron chi connectivity index (χ4n) is 3.40. The van der Waals surface area contributed by atoms with Gasteiger partial charge in [-0.1, -0.05) is 26.0 Å². The molecule has 1 amide bonds. The number of ether oxygens (including phenoxy) is 1.